The van der Waals surface area contributed by atoms with Crippen molar-refractivity contribution in [2.24, 2.45) is 0 Å². The minimum atomic E-state index is -0.359. The summed E-state index contributed by atoms with van der Waals surface area (Å²) in [6.07, 6.45) is 0. The second-order valence-electron chi connectivity index (χ2n) is 4.91. The van der Waals surface area contributed by atoms with Gasteiger partial charge in [-0.3, -0.25) is 4.79 Å². The average Bonchev–Trinajstić information content (AvgIpc) is 2.36. The van der Waals surface area contributed by atoms with E-state index in [0.29, 0.717) is 11.3 Å². The molecule has 0 aromatic heterocycles. The fourth-order valence-electron chi connectivity index (χ4n) is 2.30. The number of allylic oxidation sites excluding steroid dienone is 1. The first-order valence-corrected chi connectivity index (χ1v) is 6.24. The topological polar surface area (TPSA) is 49.4 Å². The number of nitrogens with one attached hydrogen (secondary N) is 1. The number of hydrogen-bond acceptors (Lipinski definition) is 2. The van der Waals surface area contributed by atoms with Crippen LogP contribution in [0.4, 0.5) is 4.79 Å². The highest BCUT2D eigenvalue weighted by atomic mass is 16.2. The summed E-state index contributed by atoms with van der Waals surface area (Å²) in [5.41, 5.74) is 3.43. The Morgan fingerprint density at radius 3 is 2.32 bits per heavy atom. The smallest absolute Gasteiger partial charge is 0.322 e. The Morgan fingerprint density at radius 1 is 1.21 bits per heavy atom. The van der Waals surface area contributed by atoms with Crippen LogP contribution in [-0.2, 0) is 4.79 Å². The van der Waals surface area contributed by atoms with Crippen LogP contribution in [-0.4, -0.2) is 23.8 Å². The van der Waals surface area contributed by atoms with Crippen molar-refractivity contribution in [1.82, 2.24) is 10.2 Å². The number of hydrogen-bond donors (Lipinski definition) is 1. The van der Waals surface area contributed by atoms with Gasteiger partial charge in [-0.1, -0.05) is 29.8 Å². The molecule has 4 heteroatoms. The third-order valence-corrected chi connectivity index (χ3v) is 3.54. The van der Waals surface area contributed by atoms with Crippen molar-refractivity contribution in [1.29, 1.82) is 0 Å². The lowest BCUT2D eigenvalue weighted by Crippen LogP contribution is -2.45. The SMILES string of the molecule is CC(=O)C1=C(C)N(C)C(=O)NC1c1ccc(C)cc1. The van der Waals surface area contributed by atoms with Crippen LogP contribution in [0, 0.1) is 6.92 Å². The largest absolute Gasteiger partial charge is 0.327 e. The maximum atomic E-state index is 11.9. The van der Waals surface area contributed by atoms with Crippen LogP contribution in [0.15, 0.2) is 35.5 Å². The summed E-state index contributed by atoms with van der Waals surface area (Å²) in [6, 6.07) is 7.30. The van der Waals surface area contributed by atoms with Gasteiger partial charge in [0, 0.05) is 18.3 Å². The summed E-state index contributed by atoms with van der Waals surface area (Å²) in [5.74, 6) is -0.0186. The van der Waals surface area contributed by atoms with Crippen LogP contribution >= 0.6 is 0 Å². The molecule has 1 atom stereocenters. The standard InChI is InChI=1S/C15H18N2O2/c1-9-5-7-12(8-6-9)14-13(11(3)18)10(2)17(4)15(19)16-14/h5-8,14H,1-4H3,(H,16,19). The number of aryl methyl sites for hydroxylation is 1. The fraction of sp³-hybridized carbons (Fsp3) is 0.333. The van der Waals surface area contributed by atoms with Crippen molar-refractivity contribution in [2.75, 3.05) is 7.05 Å². The van der Waals surface area contributed by atoms with Crippen LogP contribution in [0.5, 0.6) is 0 Å². The number of amides is 2. The summed E-state index contributed by atoms with van der Waals surface area (Å²) >= 11 is 0. The zero-order valence-corrected chi connectivity index (χ0v) is 11.7. The monoisotopic (exact) mass is 258 g/mol. The molecule has 19 heavy (non-hydrogen) atoms. The summed E-state index contributed by atoms with van der Waals surface area (Å²) in [7, 11) is 1.67. The Balaban J connectivity index is 2.51. The van der Waals surface area contributed by atoms with E-state index in [0.717, 1.165) is 11.1 Å². The molecule has 0 saturated carbocycles. The van der Waals surface area contributed by atoms with Gasteiger partial charge >= 0.3 is 6.03 Å². The number of rotatable bonds is 2. The third-order valence-electron chi connectivity index (χ3n) is 3.54. The predicted molar refractivity (Wildman–Crippen MR) is 73.6 cm³/mol. The van der Waals surface area contributed by atoms with Gasteiger partial charge in [0.05, 0.1) is 6.04 Å². The molecule has 0 spiro atoms. The van der Waals surface area contributed by atoms with Gasteiger partial charge in [-0.05, 0) is 26.3 Å². The quantitative estimate of drug-likeness (QED) is 0.886. The van der Waals surface area contributed by atoms with Crippen LogP contribution < -0.4 is 5.32 Å². The molecule has 4 nitrogen and oxygen atoms in total. The van der Waals surface area contributed by atoms with Crippen LogP contribution in [0.3, 0.4) is 0 Å². The summed E-state index contributed by atoms with van der Waals surface area (Å²) < 4.78 is 0. The third kappa shape index (κ3) is 2.38. The van der Waals surface area contributed by atoms with Crippen molar-refractivity contribution >= 4 is 11.8 Å². The van der Waals surface area contributed by atoms with E-state index in [9.17, 15) is 9.59 Å². The molecule has 2 amide bonds. The van der Waals surface area contributed by atoms with E-state index in [4.69, 9.17) is 0 Å². The van der Waals surface area contributed by atoms with Gasteiger partial charge in [0.2, 0.25) is 0 Å². The molecule has 0 fully saturated rings. The number of Topliss-reactive ketones (excluding diaryl/α,β-unsaturated/α-hetero) is 1. The van der Waals surface area contributed by atoms with Gasteiger partial charge in [-0.15, -0.1) is 0 Å². The molecule has 0 aliphatic carbocycles. The molecular formula is C15H18N2O2. The average molecular weight is 258 g/mol. The molecule has 1 aliphatic heterocycles. The second-order valence-corrected chi connectivity index (χ2v) is 4.91. The Kier molecular flexibility index (Phi) is 3.42. The Bertz CT molecular complexity index is 558. The normalized spacial score (nSPS) is 19.5. The van der Waals surface area contributed by atoms with Crippen molar-refractivity contribution < 1.29 is 9.59 Å². The number of benzene rings is 1. The molecular weight excluding hydrogens is 240 g/mol. The minimum Gasteiger partial charge on any atom is -0.327 e. The lowest BCUT2D eigenvalue weighted by atomic mass is 9.92. The lowest BCUT2D eigenvalue weighted by molar-refractivity contribution is -0.114. The van der Waals surface area contributed by atoms with Crippen molar-refractivity contribution in [2.45, 2.75) is 26.8 Å². The molecule has 1 heterocycles. The van der Waals surface area contributed by atoms with Crippen molar-refractivity contribution in [3.05, 3.63) is 46.7 Å². The first kappa shape index (κ1) is 13.3. The zero-order chi connectivity index (χ0) is 14.2. The van der Waals surface area contributed by atoms with E-state index >= 15 is 0 Å². The maximum absolute atomic E-state index is 11.9. The fourth-order valence-corrected chi connectivity index (χ4v) is 2.30. The highest BCUT2D eigenvalue weighted by Crippen LogP contribution is 2.30. The van der Waals surface area contributed by atoms with E-state index in [1.807, 2.05) is 31.2 Å². The lowest BCUT2D eigenvalue weighted by Gasteiger charge is -2.33. The Labute approximate surface area is 113 Å². The van der Waals surface area contributed by atoms with Gasteiger partial charge in [0.15, 0.2) is 5.78 Å². The number of nitrogens with zero attached hydrogens (tertiary/aromatic N) is 1. The zero-order valence-electron chi connectivity index (χ0n) is 11.7. The molecule has 1 aromatic rings. The van der Waals surface area contributed by atoms with E-state index in [-0.39, 0.29) is 17.9 Å². The minimum absolute atomic E-state index is 0.0186. The number of urea groups is 1. The molecule has 1 aromatic carbocycles. The summed E-state index contributed by atoms with van der Waals surface area (Å²) in [4.78, 5) is 25.2. The molecule has 0 bridgehead atoms. The molecule has 0 saturated heterocycles. The van der Waals surface area contributed by atoms with E-state index in [1.54, 1.807) is 14.0 Å². The van der Waals surface area contributed by atoms with Gasteiger partial charge in [0.1, 0.15) is 0 Å². The molecule has 1 N–H and O–H groups in total. The highest BCUT2D eigenvalue weighted by Gasteiger charge is 2.32. The summed E-state index contributed by atoms with van der Waals surface area (Å²) in [6.45, 7) is 5.34. The van der Waals surface area contributed by atoms with Crippen LogP contribution in [0.1, 0.15) is 31.0 Å². The van der Waals surface area contributed by atoms with Crippen molar-refractivity contribution in [3.63, 3.8) is 0 Å². The van der Waals surface area contributed by atoms with Gasteiger partial charge in [-0.25, -0.2) is 4.79 Å². The van der Waals surface area contributed by atoms with Crippen LogP contribution in [0.25, 0.3) is 0 Å². The first-order valence-electron chi connectivity index (χ1n) is 6.24. The molecule has 1 unspecified atom stereocenters. The molecule has 100 valence electrons. The molecule has 0 radical (unpaired) electrons. The molecule has 2 rings (SSSR count). The highest BCUT2D eigenvalue weighted by molar-refractivity contribution is 5.98. The van der Waals surface area contributed by atoms with E-state index < -0.39 is 0 Å². The van der Waals surface area contributed by atoms with Crippen molar-refractivity contribution in [3.8, 4) is 0 Å². The number of carbonyl (C=O) groups excluding carboxylic acids is 2. The maximum Gasteiger partial charge on any atom is 0.322 e. The second kappa shape index (κ2) is 4.88. The van der Waals surface area contributed by atoms with Gasteiger partial charge < -0.3 is 10.2 Å². The van der Waals surface area contributed by atoms with Crippen LogP contribution in [0.2, 0.25) is 0 Å². The predicted octanol–water partition coefficient (Wildman–Crippen LogP) is 2.55. The Morgan fingerprint density at radius 2 is 1.79 bits per heavy atom. The summed E-state index contributed by atoms with van der Waals surface area (Å²) in [5, 5.41) is 2.87. The molecule has 1 aliphatic rings. The first-order chi connectivity index (χ1) is 8.91. The van der Waals surface area contributed by atoms with Gasteiger partial charge in [0.25, 0.3) is 0 Å². The Hall–Kier alpha value is -2.10. The van der Waals surface area contributed by atoms with E-state index in [2.05, 4.69) is 5.32 Å². The van der Waals surface area contributed by atoms with Gasteiger partial charge in [-0.2, -0.15) is 0 Å². The number of carbonyl (C=O) groups is 2. The number of ketones is 1. The van der Waals surface area contributed by atoms with E-state index in [1.165, 1.54) is 11.8 Å².